The molecule has 0 amide bonds. The van der Waals surface area contributed by atoms with Gasteiger partial charge in [0.2, 0.25) is 0 Å². The van der Waals surface area contributed by atoms with E-state index >= 15 is 0 Å². The number of nitrogens with two attached hydrogens (primary N) is 1. The third kappa shape index (κ3) is 2.47. The number of nitrogen functional groups attached to an aromatic ring is 1. The standard InChI is InChI=1S/C20H16FN3O2/c1-2-26-20(25)19-18-17(13-8-7-11(22)9-16(13)24-18)14(10-23-19)12-5-3-4-6-15(12)21/h3-10,24H,2,22H2,1H3. The first-order chi connectivity index (χ1) is 12.6. The summed E-state index contributed by atoms with van der Waals surface area (Å²) >= 11 is 0. The summed E-state index contributed by atoms with van der Waals surface area (Å²) in [6, 6.07) is 11.9. The first kappa shape index (κ1) is 16.1. The Hall–Kier alpha value is -3.41. The van der Waals surface area contributed by atoms with E-state index < -0.39 is 5.97 Å². The molecule has 3 N–H and O–H groups in total. The van der Waals surface area contributed by atoms with Crippen LogP contribution in [0.5, 0.6) is 0 Å². The van der Waals surface area contributed by atoms with Gasteiger partial charge in [0, 0.05) is 39.3 Å². The van der Waals surface area contributed by atoms with Crippen molar-refractivity contribution in [2.45, 2.75) is 6.92 Å². The highest BCUT2D eigenvalue weighted by Gasteiger charge is 2.21. The minimum Gasteiger partial charge on any atom is -0.461 e. The molecule has 0 saturated carbocycles. The van der Waals surface area contributed by atoms with Gasteiger partial charge in [0.15, 0.2) is 5.69 Å². The molecule has 5 nitrogen and oxygen atoms in total. The van der Waals surface area contributed by atoms with E-state index in [-0.39, 0.29) is 18.1 Å². The molecule has 0 unspecified atom stereocenters. The summed E-state index contributed by atoms with van der Waals surface area (Å²) in [4.78, 5) is 19.8. The molecule has 0 bridgehead atoms. The van der Waals surface area contributed by atoms with Gasteiger partial charge in [0.05, 0.1) is 12.1 Å². The largest absolute Gasteiger partial charge is 0.461 e. The number of hydrogen-bond acceptors (Lipinski definition) is 4. The third-order valence-electron chi connectivity index (χ3n) is 4.28. The minimum atomic E-state index is -0.530. The van der Waals surface area contributed by atoms with Crippen LogP contribution in [0.15, 0.2) is 48.7 Å². The van der Waals surface area contributed by atoms with Crippen molar-refractivity contribution >= 4 is 33.5 Å². The number of carbonyl (C=O) groups excluding carboxylic acids is 1. The highest BCUT2D eigenvalue weighted by atomic mass is 19.1. The van der Waals surface area contributed by atoms with Crippen molar-refractivity contribution in [2.24, 2.45) is 0 Å². The van der Waals surface area contributed by atoms with Crippen LogP contribution in [0.4, 0.5) is 10.1 Å². The van der Waals surface area contributed by atoms with Gasteiger partial charge in [-0.25, -0.2) is 14.2 Å². The Morgan fingerprint density at radius 1 is 1.23 bits per heavy atom. The van der Waals surface area contributed by atoms with Gasteiger partial charge in [-0.1, -0.05) is 24.3 Å². The fraction of sp³-hybridized carbons (Fsp3) is 0.100. The topological polar surface area (TPSA) is 81.0 Å². The van der Waals surface area contributed by atoms with E-state index in [4.69, 9.17) is 10.5 Å². The van der Waals surface area contributed by atoms with Gasteiger partial charge in [0.25, 0.3) is 0 Å². The number of benzene rings is 2. The lowest BCUT2D eigenvalue weighted by molar-refractivity contribution is 0.0522. The van der Waals surface area contributed by atoms with E-state index in [1.165, 1.54) is 12.3 Å². The van der Waals surface area contributed by atoms with Crippen molar-refractivity contribution in [3.63, 3.8) is 0 Å². The molecule has 4 aromatic rings. The molecule has 0 fully saturated rings. The van der Waals surface area contributed by atoms with Crippen LogP contribution in [0.2, 0.25) is 0 Å². The van der Waals surface area contributed by atoms with Gasteiger partial charge in [-0.15, -0.1) is 0 Å². The Morgan fingerprint density at radius 3 is 2.81 bits per heavy atom. The average Bonchev–Trinajstić information content (AvgIpc) is 3.00. The fourth-order valence-electron chi connectivity index (χ4n) is 3.17. The normalized spacial score (nSPS) is 11.2. The molecular formula is C20H16FN3O2. The first-order valence-corrected chi connectivity index (χ1v) is 8.22. The molecule has 2 heterocycles. The van der Waals surface area contributed by atoms with E-state index in [2.05, 4.69) is 9.97 Å². The molecule has 2 aromatic heterocycles. The summed E-state index contributed by atoms with van der Waals surface area (Å²) in [7, 11) is 0. The Bertz CT molecular complexity index is 1150. The molecular weight excluding hydrogens is 333 g/mol. The maximum Gasteiger partial charge on any atom is 0.359 e. The number of fused-ring (bicyclic) bond motifs is 3. The third-order valence-corrected chi connectivity index (χ3v) is 4.28. The van der Waals surface area contributed by atoms with Crippen LogP contribution in [-0.2, 0) is 4.74 Å². The van der Waals surface area contributed by atoms with Gasteiger partial charge in [-0.2, -0.15) is 0 Å². The summed E-state index contributed by atoms with van der Waals surface area (Å²) < 4.78 is 19.5. The van der Waals surface area contributed by atoms with Gasteiger partial charge in [0.1, 0.15) is 5.82 Å². The number of hydrogen-bond donors (Lipinski definition) is 2. The Kier molecular flexibility index (Phi) is 3.80. The molecule has 0 atom stereocenters. The molecule has 0 aliphatic rings. The van der Waals surface area contributed by atoms with Crippen LogP contribution in [0.3, 0.4) is 0 Å². The van der Waals surface area contributed by atoms with E-state index in [1.54, 1.807) is 37.3 Å². The van der Waals surface area contributed by atoms with E-state index in [0.29, 0.717) is 27.7 Å². The van der Waals surface area contributed by atoms with Crippen LogP contribution < -0.4 is 5.73 Å². The lowest BCUT2D eigenvalue weighted by atomic mass is 10.00. The number of carbonyl (C=O) groups is 1. The Labute approximate surface area is 148 Å². The molecule has 0 saturated heterocycles. The van der Waals surface area contributed by atoms with Gasteiger partial charge in [-0.05, 0) is 25.1 Å². The van der Waals surface area contributed by atoms with Crippen molar-refractivity contribution in [3.8, 4) is 11.1 Å². The minimum absolute atomic E-state index is 0.164. The quantitative estimate of drug-likeness (QED) is 0.427. The second kappa shape index (κ2) is 6.15. The van der Waals surface area contributed by atoms with Crippen molar-refractivity contribution in [1.29, 1.82) is 0 Å². The Morgan fingerprint density at radius 2 is 2.04 bits per heavy atom. The average molecular weight is 349 g/mol. The SMILES string of the molecule is CCOC(=O)c1ncc(-c2ccccc2F)c2c1[nH]c1cc(N)ccc12. The van der Waals surface area contributed by atoms with E-state index in [0.717, 1.165) is 10.9 Å². The molecule has 0 aliphatic heterocycles. The fourth-order valence-corrected chi connectivity index (χ4v) is 3.17. The number of anilines is 1. The van der Waals surface area contributed by atoms with E-state index in [9.17, 15) is 9.18 Å². The predicted octanol–water partition coefficient (Wildman–Crippen LogP) is 4.28. The zero-order valence-corrected chi connectivity index (χ0v) is 14.0. The monoisotopic (exact) mass is 349 g/mol. The summed E-state index contributed by atoms with van der Waals surface area (Å²) in [6.45, 7) is 1.97. The number of pyridine rings is 1. The van der Waals surface area contributed by atoms with Crippen LogP contribution in [0.1, 0.15) is 17.4 Å². The summed E-state index contributed by atoms with van der Waals surface area (Å²) in [5.41, 5.74) is 8.89. The van der Waals surface area contributed by atoms with Gasteiger partial charge < -0.3 is 15.5 Å². The molecule has 0 aliphatic carbocycles. The number of H-pyrrole nitrogens is 1. The maximum atomic E-state index is 14.4. The molecule has 6 heteroatoms. The van der Waals surface area contributed by atoms with Crippen LogP contribution >= 0.6 is 0 Å². The van der Waals surface area contributed by atoms with Crippen molar-refractivity contribution in [1.82, 2.24) is 9.97 Å². The smallest absolute Gasteiger partial charge is 0.359 e. The Balaban J connectivity index is 2.11. The number of aromatic amines is 1. The van der Waals surface area contributed by atoms with Gasteiger partial charge in [-0.3, -0.25) is 0 Å². The molecule has 0 radical (unpaired) electrons. The first-order valence-electron chi connectivity index (χ1n) is 8.22. The predicted molar refractivity (Wildman–Crippen MR) is 99.4 cm³/mol. The van der Waals surface area contributed by atoms with Crippen molar-refractivity contribution in [2.75, 3.05) is 12.3 Å². The lowest BCUT2D eigenvalue weighted by Gasteiger charge is -2.08. The number of rotatable bonds is 3. The summed E-state index contributed by atoms with van der Waals surface area (Å²) in [6.07, 6.45) is 1.51. The number of ether oxygens (including phenoxy) is 1. The molecule has 2 aromatic carbocycles. The number of esters is 1. The lowest BCUT2D eigenvalue weighted by Crippen LogP contribution is -2.08. The van der Waals surface area contributed by atoms with Crippen LogP contribution in [0, 0.1) is 5.82 Å². The molecule has 0 spiro atoms. The van der Waals surface area contributed by atoms with E-state index in [1.807, 2.05) is 6.07 Å². The molecule has 130 valence electrons. The van der Waals surface area contributed by atoms with Crippen molar-refractivity contribution < 1.29 is 13.9 Å². The number of halogens is 1. The zero-order valence-electron chi connectivity index (χ0n) is 14.0. The number of aromatic nitrogens is 2. The van der Waals surface area contributed by atoms with Crippen molar-refractivity contribution in [3.05, 3.63) is 60.2 Å². The summed E-state index contributed by atoms with van der Waals surface area (Å²) in [5.74, 6) is -0.888. The second-order valence-electron chi connectivity index (χ2n) is 5.90. The summed E-state index contributed by atoms with van der Waals surface area (Å²) in [5, 5.41) is 1.54. The number of nitrogens with zero attached hydrogens (tertiary/aromatic N) is 1. The second-order valence-corrected chi connectivity index (χ2v) is 5.90. The maximum absolute atomic E-state index is 14.4. The number of nitrogens with one attached hydrogen (secondary N) is 1. The zero-order chi connectivity index (χ0) is 18.3. The highest BCUT2D eigenvalue weighted by Crippen LogP contribution is 2.37. The highest BCUT2D eigenvalue weighted by molar-refractivity contribution is 6.18. The van der Waals surface area contributed by atoms with Crippen LogP contribution in [0.25, 0.3) is 32.9 Å². The van der Waals surface area contributed by atoms with Crippen LogP contribution in [-0.4, -0.2) is 22.5 Å². The molecule has 26 heavy (non-hydrogen) atoms. The molecule has 4 rings (SSSR count). The van der Waals surface area contributed by atoms with Gasteiger partial charge >= 0.3 is 5.97 Å².